The fourth-order valence-corrected chi connectivity index (χ4v) is 1.83. The molecule has 1 unspecified atom stereocenters. The molecule has 0 N–H and O–H groups in total. The Balaban J connectivity index is 2.17. The third kappa shape index (κ3) is 1.29. The van der Waals surface area contributed by atoms with Crippen LogP contribution in [0.3, 0.4) is 0 Å². The van der Waals surface area contributed by atoms with Crippen LogP contribution in [0.5, 0.6) is 0 Å². The van der Waals surface area contributed by atoms with Crippen molar-refractivity contribution in [2.75, 3.05) is 0 Å². The van der Waals surface area contributed by atoms with Crippen LogP contribution in [0.15, 0.2) is 29.2 Å². The minimum absolute atomic E-state index is 0.456. The van der Waals surface area contributed by atoms with Gasteiger partial charge in [-0.15, -0.1) is 0 Å². The molecule has 12 heavy (non-hydrogen) atoms. The van der Waals surface area contributed by atoms with Gasteiger partial charge in [-0.3, -0.25) is 0 Å². The van der Waals surface area contributed by atoms with Crippen molar-refractivity contribution in [1.82, 2.24) is 4.98 Å². The third-order valence-electron chi connectivity index (χ3n) is 2.54. The van der Waals surface area contributed by atoms with Crippen molar-refractivity contribution in [2.24, 2.45) is 0 Å². The number of hydrogen-bond donors (Lipinski definition) is 0. The minimum Gasteiger partial charge on any atom is -0.451 e. The molecular weight excluding hydrogens is 150 g/mol. The Labute approximate surface area is 72.3 Å². The molecular formula is C10H13NO. The SMILES string of the molecule is C=C1CCCCC1c1cocn1. The lowest BCUT2D eigenvalue weighted by molar-refractivity contribution is 0.525. The zero-order chi connectivity index (χ0) is 8.39. The normalized spacial score (nSPS) is 24.3. The second-order valence-electron chi connectivity index (χ2n) is 3.37. The molecule has 2 nitrogen and oxygen atoms in total. The summed E-state index contributed by atoms with van der Waals surface area (Å²) < 4.78 is 4.96. The maximum Gasteiger partial charge on any atom is 0.180 e. The van der Waals surface area contributed by atoms with Crippen LogP contribution in [0.1, 0.15) is 37.3 Å². The van der Waals surface area contributed by atoms with Crippen LogP contribution in [-0.2, 0) is 0 Å². The summed E-state index contributed by atoms with van der Waals surface area (Å²) in [6, 6.07) is 0. The number of oxazole rings is 1. The van der Waals surface area contributed by atoms with E-state index in [4.69, 9.17) is 4.42 Å². The molecule has 0 radical (unpaired) electrons. The van der Waals surface area contributed by atoms with Gasteiger partial charge in [0.2, 0.25) is 0 Å². The Morgan fingerprint density at radius 3 is 3.08 bits per heavy atom. The highest BCUT2D eigenvalue weighted by molar-refractivity contribution is 5.19. The molecule has 64 valence electrons. The molecule has 1 heterocycles. The zero-order valence-electron chi connectivity index (χ0n) is 7.12. The van der Waals surface area contributed by atoms with Crippen LogP contribution in [0.2, 0.25) is 0 Å². The Morgan fingerprint density at radius 1 is 1.50 bits per heavy atom. The number of nitrogens with zero attached hydrogens (tertiary/aromatic N) is 1. The summed E-state index contributed by atoms with van der Waals surface area (Å²) in [5.74, 6) is 0.456. The maximum atomic E-state index is 4.96. The average molecular weight is 163 g/mol. The molecule has 1 fully saturated rings. The molecule has 1 saturated carbocycles. The quantitative estimate of drug-likeness (QED) is 0.595. The lowest BCUT2D eigenvalue weighted by Crippen LogP contribution is -2.07. The van der Waals surface area contributed by atoms with E-state index in [-0.39, 0.29) is 0 Å². The number of aromatic nitrogens is 1. The highest BCUT2D eigenvalue weighted by atomic mass is 16.3. The summed E-state index contributed by atoms with van der Waals surface area (Å²) in [6.07, 6.45) is 8.14. The van der Waals surface area contributed by atoms with Crippen molar-refractivity contribution < 1.29 is 4.42 Å². The molecule has 1 aliphatic rings. The number of allylic oxidation sites excluding steroid dienone is 1. The lowest BCUT2D eigenvalue weighted by atomic mass is 9.83. The molecule has 0 aliphatic heterocycles. The van der Waals surface area contributed by atoms with Gasteiger partial charge in [0, 0.05) is 5.92 Å². The van der Waals surface area contributed by atoms with E-state index in [1.165, 1.54) is 31.2 Å². The van der Waals surface area contributed by atoms with Gasteiger partial charge in [-0.1, -0.05) is 18.6 Å². The molecule has 0 saturated heterocycles. The van der Waals surface area contributed by atoms with Gasteiger partial charge < -0.3 is 4.42 Å². The first-order valence-electron chi connectivity index (χ1n) is 4.43. The first-order valence-corrected chi connectivity index (χ1v) is 4.43. The van der Waals surface area contributed by atoms with Gasteiger partial charge in [0.15, 0.2) is 6.39 Å². The van der Waals surface area contributed by atoms with E-state index in [0.29, 0.717) is 5.92 Å². The van der Waals surface area contributed by atoms with Crippen molar-refractivity contribution in [1.29, 1.82) is 0 Å². The summed E-state index contributed by atoms with van der Waals surface area (Å²) >= 11 is 0. The van der Waals surface area contributed by atoms with Gasteiger partial charge in [-0.05, 0) is 19.3 Å². The van der Waals surface area contributed by atoms with Gasteiger partial charge in [0.1, 0.15) is 6.26 Å². The van der Waals surface area contributed by atoms with Crippen molar-refractivity contribution in [2.45, 2.75) is 31.6 Å². The van der Waals surface area contributed by atoms with Gasteiger partial charge in [0.05, 0.1) is 5.69 Å². The smallest absolute Gasteiger partial charge is 0.180 e. The Kier molecular flexibility index (Phi) is 1.98. The molecule has 0 bridgehead atoms. The van der Waals surface area contributed by atoms with Gasteiger partial charge in [0.25, 0.3) is 0 Å². The van der Waals surface area contributed by atoms with E-state index < -0.39 is 0 Å². The van der Waals surface area contributed by atoms with Gasteiger partial charge in [-0.2, -0.15) is 0 Å². The van der Waals surface area contributed by atoms with Gasteiger partial charge in [-0.25, -0.2) is 4.98 Å². The molecule has 0 aromatic carbocycles. The van der Waals surface area contributed by atoms with Crippen molar-refractivity contribution in [3.63, 3.8) is 0 Å². The summed E-state index contributed by atoms with van der Waals surface area (Å²) in [5.41, 5.74) is 2.37. The molecule has 1 aromatic heterocycles. The molecule has 1 atom stereocenters. The highest BCUT2D eigenvalue weighted by Gasteiger charge is 2.20. The van der Waals surface area contributed by atoms with Crippen LogP contribution < -0.4 is 0 Å². The first-order chi connectivity index (χ1) is 5.88. The van der Waals surface area contributed by atoms with Crippen LogP contribution in [-0.4, -0.2) is 4.98 Å². The molecule has 2 rings (SSSR count). The molecule has 0 spiro atoms. The molecule has 2 heteroatoms. The Morgan fingerprint density at radius 2 is 2.42 bits per heavy atom. The van der Waals surface area contributed by atoms with Crippen molar-refractivity contribution in [3.8, 4) is 0 Å². The van der Waals surface area contributed by atoms with Crippen LogP contribution in [0.25, 0.3) is 0 Å². The fraction of sp³-hybridized carbons (Fsp3) is 0.500. The average Bonchev–Trinajstić information content (AvgIpc) is 2.57. The van der Waals surface area contributed by atoms with E-state index in [1.54, 1.807) is 6.26 Å². The van der Waals surface area contributed by atoms with Crippen LogP contribution in [0, 0.1) is 0 Å². The Hall–Kier alpha value is -1.05. The lowest BCUT2D eigenvalue weighted by Gasteiger charge is -2.22. The van der Waals surface area contributed by atoms with Gasteiger partial charge >= 0.3 is 0 Å². The maximum absolute atomic E-state index is 4.96. The summed E-state index contributed by atoms with van der Waals surface area (Å²) in [6.45, 7) is 4.07. The highest BCUT2D eigenvalue weighted by Crippen LogP contribution is 2.35. The first kappa shape index (κ1) is 7.59. The standard InChI is InChI=1S/C10H13NO/c1-8-4-2-3-5-9(8)10-6-12-7-11-10/h6-7,9H,1-5H2. The monoisotopic (exact) mass is 163 g/mol. The molecule has 1 aliphatic carbocycles. The predicted octanol–water partition coefficient (Wildman–Crippen LogP) is 2.89. The second-order valence-corrected chi connectivity index (χ2v) is 3.37. The van der Waals surface area contributed by atoms with E-state index in [2.05, 4.69) is 11.6 Å². The van der Waals surface area contributed by atoms with E-state index >= 15 is 0 Å². The second kappa shape index (κ2) is 3.13. The third-order valence-corrected chi connectivity index (χ3v) is 2.54. The molecule has 0 amide bonds. The Bertz CT molecular complexity index is 263. The van der Waals surface area contributed by atoms with E-state index in [1.807, 2.05) is 0 Å². The fourth-order valence-electron chi connectivity index (χ4n) is 1.83. The van der Waals surface area contributed by atoms with E-state index in [9.17, 15) is 0 Å². The number of hydrogen-bond acceptors (Lipinski definition) is 2. The van der Waals surface area contributed by atoms with Crippen LogP contribution in [0.4, 0.5) is 0 Å². The zero-order valence-corrected chi connectivity index (χ0v) is 7.12. The predicted molar refractivity (Wildman–Crippen MR) is 46.9 cm³/mol. The largest absolute Gasteiger partial charge is 0.451 e. The van der Waals surface area contributed by atoms with Crippen molar-refractivity contribution >= 4 is 0 Å². The van der Waals surface area contributed by atoms with Crippen molar-refractivity contribution in [3.05, 3.63) is 30.5 Å². The minimum atomic E-state index is 0.456. The van der Waals surface area contributed by atoms with E-state index in [0.717, 1.165) is 12.1 Å². The summed E-state index contributed by atoms with van der Waals surface area (Å²) in [4.78, 5) is 4.16. The number of rotatable bonds is 1. The summed E-state index contributed by atoms with van der Waals surface area (Å²) in [7, 11) is 0. The van der Waals surface area contributed by atoms with Crippen LogP contribution >= 0.6 is 0 Å². The topological polar surface area (TPSA) is 26.0 Å². The summed E-state index contributed by atoms with van der Waals surface area (Å²) in [5, 5.41) is 0. The molecule has 1 aromatic rings.